The van der Waals surface area contributed by atoms with Crippen LogP contribution in [0.4, 0.5) is 0 Å². The topological polar surface area (TPSA) is 21.6 Å². The molecule has 0 aromatic heterocycles. The minimum Gasteiger partial charge on any atom is -0.496 e. The minimum absolute atomic E-state index is 0.913. The van der Waals surface area contributed by atoms with E-state index in [1.165, 1.54) is 36.8 Å². The van der Waals surface area contributed by atoms with E-state index in [4.69, 9.17) is 4.74 Å². The third-order valence-electron chi connectivity index (χ3n) is 3.02. The molecular formula is C16H25NO. The second-order valence-corrected chi connectivity index (χ2v) is 4.80. The molecule has 0 saturated heterocycles. The van der Waals surface area contributed by atoms with Gasteiger partial charge in [-0.1, -0.05) is 32.3 Å². The Bertz CT molecular complexity index is 396. The number of benzene rings is 1. The summed E-state index contributed by atoms with van der Waals surface area (Å²) < 4.78 is 5.44. The third-order valence-corrected chi connectivity index (χ3v) is 3.02. The van der Waals surface area contributed by atoms with Crippen LogP contribution in [-0.2, 0) is 0 Å². The fourth-order valence-corrected chi connectivity index (χ4v) is 2.15. The maximum Gasteiger partial charge on any atom is 0.130 e. The van der Waals surface area contributed by atoms with E-state index < -0.39 is 0 Å². The van der Waals surface area contributed by atoms with Crippen LogP contribution in [0, 0.1) is 13.8 Å². The summed E-state index contributed by atoms with van der Waals surface area (Å²) in [6, 6.07) is 4.26. The van der Waals surface area contributed by atoms with Crippen LogP contribution in [0.2, 0.25) is 0 Å². The first kappa shape index (κ1) is 14.7. The van der Waals surface area contributed by atoms with E-state index in [1.54, 1.807) is 7.11 Å². The van der Waals surface area contributed by atoms with Crippen molar-refractivity contribution >= 4 is 6.21 Å². The molecule has 0 heterocycles. The maximum atomic E-state index is 5.44. The number of unbranched alkanes of at least 4 members (excludes halogenated alkanes) is 3. The van der Waals surface area contributed by atoms with Gasteiger partial charge in [-0.2, -0.15) is 0 Å². The molecule has 18 heavy (non-hydrogen) atoms. The van der Waals surface area contributed by atoms with Crippen molar-refractivity contribution in [3.8, 4) is 5.75 Å². The van der Waals surface area contributed by atoms with Gasteiger partial charge in [0.2, 0.25) is 0 Å². The number of hydrogen-bond acceptors (Lipinski definition) is 2. The molecule has 100 valence electrons. The summed E-state index contributed by atoms with van der Waals surface area (Å²) in [4.78, 5) is 4.50. The molecule has 2 nitrogen and oxygen atoms in total. The molecule has 2 heteroatoms. The lowest BCUT2D eigenvalue weighted by Gasteiger charge is -2.09. The number of aryl methyl sites for hydroxylation is 2. The van der Waals surface area contributed by atoms with E-state index in [-0.39, 0.29) is 0 Å². The first-order valence-corrected chi connectivity index (χ1v) is 6.84. The molecule has 0 bridgehead atoms. The van der Waals surface area contributed by atoms with Gasteiger partial charge >= 0.3 is 0 Å². The Hall–Kier alpha value is -1.31. The van der Waals surface area contributed by atoms with Gasteiger partial charge in [0.15, 0.2) is 0 Å². The third kappa shape index (κ3) is 4.52. The van der Waals surface area contributed by atoms with E-state index >= 15 is 0 Å². The Kier molecular flexibility index (Phi) is 6.48. The van der Waals surface area contributed by atoms with Gasteiger partial charge in [0.25, 0.3) is 0 Å². The molecule has 0 aliphatic carbocycles. The Labute approximate surface area is 111 Å². The lowest BCUT2D eigenvalue weighted by atomic mass is 10.1. The van der Waals surface area contributed by atoms with E-state index in [0.717, 1.165) is 17.9 Å². The zero-order valence-corrected chi connectivity index (χ0v) is 12.1. The molecule has 0 atom stereocenters. The van der Waals surface area contributed by atoms with Gasteiger partial charge in [-0.3, -0.25) is 4.99 Å². The van der Waals surface area contributed by atoms with Crippen molar-refractivity contribution < 1.29 is 4.74 Å². The van der Waals surface area contributed by atoms with Gasteiger partial charge in [-0.15, -0.1) is 0 Å². The molecule has 0 spiro atoms. The predicted molar refractivity (Wildman–Crippen MR) is 79.1 cm³/mol. The smallest absolute Gasteiger partial charge is 0.130 e. The van der Waals surface area contributed by atoms with Crippen LogP contribution >= 0.6 is 0 Å². The van der Waals surface area contributed by atoms with Crippen LogP contribution in [0.15, 0.2) is 17.1 Å². The molecule has 1 rings (SSSR count). The molecular weight excluding hydrogens is 222 g/mol. The molecule has 0 radical (unpaired) electrons. The largest absolute Gasteiger partial charge is 0.496 e. The van der Waals surface area contributed by atoms with Crippen LogP contribution in [0.25, 0.3) is 0 Å². The normalized spacial score (nSPS) is 11.1. The average Bonchev–Trinajstić information content (AvgIpc) is 2.33. The molecule has 0 aliphatic heterocycles. The summed E-state index contributed by atoms with van der Waals surface area (Å²) in [5.74, 6) is 0.943. The summed E-state index contributed by atoms with van der Waals surface area (Å²) in [6.07, 6.45) is 6.98. The SMILES string of the molecule is CCCCCCN=Cc1cc(C)cc(C)c1OC. The van der Waals surface area contributed by atoms with Crippen molar-refractivity contribution in [3.05, 3.63) is 28.8 Å². The van der Waals surface area contributed by atoms with E-state index in [2.05, 4.69) is 37.9 Å². The fraction of sp³-hybridized carbons (Fsp3) is 0.562. The van der Waals surface area contributed by atoms with Crippen molar-refractivity contribution in [1.82, 2.24) is 0 Å². The van der Waals surface area contributed by atoms with Crippen LogP contribution in [0.3, 0.4) is 0 Å². The molecule has 0 fully saturated rings. The highest BCUT2D eigenvalue weighted by molar-refractivity contribution is 5.84. The average molecular weight is 247 g/mol. The summed E-state index contributed by atoms with van der Waals surface area (Å²) >= 11 is 0. The second-order valence-electron chi connectivity index (χ2n) is 4.80. The Balaban J connectivity index is 2.63. The molecule has 0 aliphatic rings. The molecule has 1 aromatic rings. The maximum absolute atomic E-state index is 5.44. The Morgan fingerprint density at radius 3 is 2.61 bits per heavy atom. The van der Waals surface area contributed by atoms with E-state index in [0.29, 0.717) is 0 Å². The zero-order chi connectivity index (χ0) is 13.4. The summed E-state index contributed by atoms with van der Waals surface area (Å²) in [5, 5.41) is 0. The van der Waals surface area contributed by atoms with Gasteiger partial charge in [-0.05, 0) is 37.5 Å². The molecule has 0 amide bonds. The number of rotatable bonds is 7. The van der Waals surface area contributed by atoms with Gasteiger partial charge in [0.05, 0.1) is 7.11 Å². The molecule has 1 aromatic carbocycles. The fourth-order valence-electron chi connectivity index (χ4n) is 2.15. The minimum atomic E-state index is 0.913. The first-order chi connectivity index (χ1) is 8.69. The lowest BCUT2D eigenvalue weighted by Crippen LogP contribution is -1.96. The highest BCUT2D eigenvalue weighted by atomic mass is 16.5. The monoisotopic (exact) mass is 247 g/mol. The Morgan fingerprint density at radius 2 is 1.94 bits per heavy atom. The predicted octanol–water partition coefficient (Wildman–Crippen LogP) is 4.31. The summed E-state index contributed by atoms with van der Waals surface area (Å²) in [6.45, 7) is 7.31. The second kappa shape index (κ2) is 7.91. The van der Waals surface area contributed by atoms with E-state index in [9.17, 15) is 0 Å². The van der Waals surface area contributed by atoms with Gasteiger partial charge in [0.1, 0.15) is 5.75 Å². The number of methoxy groups -OCH3 is 1. The highest BCUT2D eigenvalue weighted by Crippen LogP contribution is 2.23. The molecule has 0 N–H and O–H groups in total. The number of ether oxygens (including phenoxy) is 1. The molecule has 0 unspecified atom stereocenters. The van der Waals surface area contributed by atoms with Crippen molar-refractivity contribution in [2.45, 2.75) is 46.5 Å². The number of hydrogen-bond donors (Lipinski definition) is 0. The zero-order valence-electron chi connectivity index (χ0n) is 12.1. The Morgan fingerprint density at radius 1 is 1.17 bits per heavy atom. The van der Waals surface area contributed by atoms with Gasteiger partial charge in [0, 0.05) is 18.3 Å². The first-order valence-electron chi connectivity index (χ1n) is 6.84. The van der Waals surface area contributed by atoms with Crippen LogP contribution in [0.5, 0.6) is 5.75 Å². The highest BCUT2D eigenvalue weighted by Gasteiger charge is 2.04. The summed E-state index contributed by atoms with van der Waals surface area (Å²) in [5.41, 5.74) is 3.51. The lowest BCUT2D eigenvalue weighted by molar-refractivity contribution is 0.411. The van der Waals surface area contributed by atoms with Crippen molar-refractivity contribution in [3.63, 3.8) is 0 Å². The van der Waals surface area contributed by atoms with Crippen molar-refractivity contribution in [2.75, 3.05) is 13.7 Å². The number of nitrogens with zero attached hydrogens (tertiary/aromatic N) is 1. The number of aliphatic imine (C=N–C) groups is 1. The van der Waals surface area contributed by atoms with E-state index in [1.807, 2.05) is 6.21 Å². The van der Waals surface area contributed by atoms with Crippen molar-refractivity contribution in [2.24, 2.45) is 4.99 Å². The summed E-state index contributed by atoms with van der Waals surface area (Å²) in [7, 11) is 1.72. The van der Waals surface area contributed by atoms with Crippen LogP contribution < -0.4 is 4.74 Å². The van der Waals surface area contributed by atoms with Gasteiger partial charge in [-0.25, -0.2) is 0 Å². The van der Waals surface area contributed by atoms with Gasteiger partial charge < -0.3 is 4.74 Å². The van der Waals surface area contributed by atoms with Crippen molar-refractivity contribution in [1.29, 1.82) is 0 Å². The van der Waals surface area contributed by atoms with Crippen LogP contribution in [0.1, 0.15) is 49.3 Å². The quantitative estimate of drug-likeness (QED) is 0.519. The standard InChI is InChI=1S/C16H25NO/c1-5-6-7-8-9-17-12-15-11-13(2)10-14(3)16(15)18-4/h10-12H,5-9H2,1-4H3. The molecule has 0 saturated carbocycles. The van der Waals surface area contributed by atoms with Crippen LogP contribution in [-0.4, -0.2) is 19.9 Å².